The number of nitrogens with one attached hydrogen (secondary N) is 3. The van der Waals surface area contributed by atoms with Crippen molar-refractivity contribution in [2.45, 2.75) is 143 Å². The summed E-state index contributed by atoms with van der Waals surface area (Å²) < 4.78 is 58.4. The van der Waals surface area contributed by atoms with E-state index in [1.165, 1.54) is 77.4 Å². The van der Waals surface area contributed by atoms with Gasteiger partial charge < -0.3 is 68.0 Å². The number of ether oxygens (including phenoxy) is 10. The van der Waals surface area contributed by atoms with E-state index in [9.17, 15) is 39.3 Å². The lowest BCUT2D eigenvalue weighted by Crippen LogP contribution is -2.57. The number of aromatic nitrogens is 2. The number of hydrogen-bond acceptors (Lipinski definition) is 23. The zero-order valence-electron chi connectivity index (χ0n) is 50.2. The smallest absolute Gasteiger partial charge is 0.270 e. The summed E-state index contributed by atoms with van der Waals surface area (Å²) in [7, 11) is 2.86. The van der Waals surface area contributed by atoms with Gasteiger partial charge in [0.25, 0.3) is 11.8 Å². The summed E-state index contributed by atoms with van der Waals surface area (Å²) >= 11 is 3.73. The van der Waals surface area contributed by atoms with Crippen LogP contribution in [0.2, 0.25) is 0 Å². The zero-order valence-corrected chi connectivity index (χ0v) is 51.8. The highest BCUT2D eigenvalue weighted by atomic mass is 32.2. The lowest BCUT2D eigenvalue weighted by Gasteiger charge is -2.43. The zero-order chi connectivity index (χ0) is 61.9. The maximum atomic E-state index is 14.3. The fourth-order valence-corrected chi connectivity index (χ4v) is 14.3. The number of phenolic OH excluding ortho intramolecular Hbond substituents is 2. The number of rotatable bonds is 26. The molecule has 0 bridgehead atoms. The van der Waals surface area contributed by atoms with Crippen LogP contribution in [0.5, 0.6) is 17.2 Å². The van der Waals surface area contributed by atoms with Gasteiger partial charge in [0.05, 0.1) is 124 Å². The van der Waals surface area contributed by atoms with Crippen LogP contribution in [0.3, 0.4) is 0 Å². The molecule has 3 aromatic carbocycles. The van der Waals surface area contributed by atoms with Crippen LogP contribution in [0.25, 0.3) is 11.0 Å². The van der Waals surface area contributed by atoms with Gasteiger partial charge in [0.15, 0.2) is 30.2 Å². The lowest BCUT2D eigenvalue weighted by molar-refractivity contribution is -0.256. The second kappa shape index (κ2) is 30.5. The summed E-state index contributed by atoms with van der Waals surface area (Å²) in [6, 6.07) is 9.61. The van der Waals surface area contributed by atoms with Crippen molar-refractivity contribution in [3.8, 4) is 17.2 Å². The molecule has 26 heteroatoms. The third kappa shape index (κ3) is 14.9. The minimum Gasteiger partial charge on any atom is -0.507 e. The van der Waals surface area contributed by atoms with Crippen LogP contribution in [-0.2, 0) is 70.1 Å². The first-order valence-corrected chi connectivity index (χ1v) is 32.7. The summed E-state index contributed by atoms with van der Waals surface area (Å²) in [5, 5.41) is 39.9. The first-order valence-electron chi connectivity index (χ1n) is 30.3. The Balaban J connectivity index is 0.637. The van der Waals surface area contributed by atoms with Crippen molar-refractivity contribution in [1.29, 1.82) is 0 Å². The molecule has 1 saturated carbocycles. The fraction of sp³-hybridized carbons (Fsp3) is 0.597. The number of hydrogen-bond donors (Lipinski definition) is 6. The number of aromatic hydroxyl groups is 2. The highest BCUT2D eigenvalue weighted by Crippen LogP contribution is 2.53. The molecule has 3 amide bonds. The van der Waals surface area contributed by atoms with E-state index in [0.717, 1.165) is 28.4 Å². The quantitative estimate of drug-likeness (QED) is 0.0231. The van der Waals surface area contributed by atoms with E-state index >= 15 is 0 Å². The number of phenols is 2. The van der Waals surface area contributed by atoms with Crippen molar-refractivity contribution in [2.75, 3.05) is 93.0 Å². The van der Waals surface area contributed by atoms with Gasteiger partial charge in [-0.1, -0.05) is 44.2 Å². The fourth-order valence-electron chi connectivity index (χ4n) is 12.5. The molecular weight excluding hydrogens is 1180 g/mol. The van der Waals surface area contributed by atoms with Crippen molar-refractivity contribution < 1.29 is 86.7 Å². The Bertz CT molecular complexity index is 3150. The van der Waals surface area contributed by atoms with Crippen molar-refractivity contribution in [3.05, 3.63) is 86.7 Å². The molecule has 0 spiro atoms. The molecular formula is C62H80N6O18S2. The van der Waals surface area contributed by atoms with Crippen LogP contribution in [0.4, 0.5) is 0 Å². The maximum absolute atomic E-state index is 14.3. The van der Waals surface area contributed by atoms with Gasteiger partial charge in [0.1, 0.15) is 23.4 Å². The molecule has 8 atom stereocenters. The van der Waals surface area contributed by atoms with E-state index in [1.807, 2.05) is 24.8 Å². The SMILES string of the molecule is COc1cccc2c1C(=O)c1c(O)c3c(c(O)c1C2=O)C[C@@](O)(C(=O)NNC(=O)CCOCCOCCOCCOCCNC(=O)c1ccc2nc(CSC4CCCCCCC4)c(CSC)nc2c1)C[C@@H]3O[C@H]1C[C@H]2[C@H](O[C@@H]3[C@@H](OC)OCCN32)[C@H](C)O1. The van der Waals surface area contributed by atoms with Crippen molar-refractivity contribution in [1.82, 2.24) is 31.0 Å². The van der Waals surface area contributed by atoms with Crippen LogP contribution < -0.4 is 20.9 Å². The average Bonchev–Trinajstić information content (AvgIpc) is 0.851. The molecule has 478 valence electrons. The molecule has 6 N–H and O–H groups in total. The second-order valence-corrected chi connectivity index (χ2v) is 24.8. The lowest BCUT2D eigenvalue weighted by atomic mass is 9.72. The number of fused-ring (bicyclic) bond motifs is 7. The Morgan fingerprint density at radius 1 is 0.807 bits per heavy atom. The van der Waals surface area contributed by atoms with Crippen LogP contribution in [0, 0.1) is 0 Å². The maximum Gasteiger partial charge on any atom is 0.270 e. The Labute approximate surface area is 519 Å². The number of thioether (sulfide) groups is 2. The van der Waals surface area contributed by atoms with E-state index in [2.05, 4.69) is 27.3 Å². The molecule has 1 aromatic heterocycles. The van der Waals surface area contributed by atoms with E-state index in [4.69, 9.17) is 57.3 Å². The Morgan fingerprint density at radius 2 is 1.50 bits per heavy atom. The molecule has 6 aliphatic rings. The van der Waals surface area contributed by atoms with Gasteiger partial charge in [-0.3, -0.25) is 39.7 Å². The number of amides is 3. The normalized spacial score (nSPS) is 24.5. The molecule has 88 heavy (non-hydrogen) atoms. The molecule has 0 radical (unpaired) electrons. The molecule has 4 fully saturated rings. The van der Waals surface area contributed by atoms with Gasteiger partial charge in [0.2, 0.25) is 11.7 Å². The average molecular weight is 1260 g/mol. The van der Waals surface area contributed by atoms with Gasteiger partial charge in [-0.05, 0) is 50.3 Å². The Morgan fingerprint density at radius 3 is 2.23 bits per heavy atom. The molecule has 3 aliphatic carbocycles. The summed E-state index contributed by atoms with van der Waals surface area (Å²) in [5.41, 5.74) is 4.64. The van der Waals surface area contributed by atoms with Gasteiger partial charge in [0, 0.05) is 84.5 Å². The predicted octanol–water partition coefficient (Wildman–Crippen LogP) is 5.34. The molecule has 4 heterocycles. The second-order valence-electron chi connectivity index (χ2n) is 22.7. The number of nitrogens with zero attached hydrogens (tertiary/aromatic N) is 3. The van der Waals surface area contributed by atoms with Crippen LogP contribution in [-0.4, -0.2) is 200 Å². The van der Waals surface area contributed by atoms with Crippen molar-refractivity contribution in [3.63, 3.8) is 0 Å². The predicted molar refractivity (Wildman–Crippen MR) is 322 cm³/mol. The number of methoxy groups -OCH3 is 2. The number of ketones is 2. The molecule has 10 rings (SSSR count). The number of carbonyl (C=O) groups is 5. The van der Waals surface area contributed by atoms with Gasteiger partial charge >= 0.3 is 0 Å². The number of carbonyl (C=O) groups excluding carboxylic acids is 5. The number of morpholine rings is 1. The van der Waals surface area contributed by atoms with Crippen molar-refractivity contribution >= 4 is 63.8 Å². The van der Waals surface area contributed by atoms with Gasteiger partial charge in [-0.25, -0.2) is 9.97 Å². The van der Waals surface area contributed by atoms with E-state index < -0.39 is 102 Å². The summed E-state index contributed by atoms with van der Waals surface area (Å²) in [5.74, 6) is -3.26. The van der Waals surface area contributed by atoms with Crippen LogP contribution >= 0.6 is 23.5 Å². The summed E-state index contributed by atoms with van der Waals surface area (Å²) in [4.78, 5) is 80.5. The highest BCUT2D eigenvalue weighted by Gasteiger charge is 2.55. The monoisotopic (exact) mass is 1260 g/mol. The number of aliphatic hydroxyl groups is 1. The van der Waals surface area contributed by atoms with Gasteiger partial charge in [-0.2, -0.15) is 23.5 Å². The number of benzene rings is 3. The number of hydrazine groups is 1. The molecule has 4 aromatic rings. The third-order valence-corrected chi connectivity index (χ3v) is 18.9. The molecule has 3 aliphatic heterocycles. The highest BCUT2D eigenvalue weighted by molar-refractivity contribution is 7.99. The largest absolute Gasteiger partial charge is 0.507 e. The van der Waals surface area contributed by atoms with Gasteiger partial charge in [-0.15, -0.1) is 0 Å². The summed E-state index contributed by atoms with van der Waals surface area (Å²) in [6.07, 6.45) is 5.48. The standard InChI is InChI=1S/C62H80N6O18S2/c1-35-57-44(68-19-22-83-60(78-3)59(68)86-57)30-48(84-35)85-46-32-62(76,31-39-50(46)56(73)52-51(54(39)71)53(70)38-13-10-14-45(77-2)49(38)55(52)72)61(75)67-66-47(69)17-20-79-23-25-81-27-28-82-26-24-80-21-18-63-58(74)36-15-16-40-41(29-36)65-42(33-87-4)43(64-40)34-88-37-11-8-6-5-7-9-12-37/h10,13-16,29,35,37,44,46,48,57,59-60,71,73,76H,5-9,11-12,17-28,30-34H2,1-4H3,(H,63,74)(H,66,69)(H,67,75)/t35-,44-,46-,48-,57+,59+,60-,62-/m0/s1. The van der Waals surface area contributed by atoms with Crippen LogP contribution in [0.1, 0.15) is 142 Å². The van der Waals surface area contributed by atoms with Crippen LogP contribution in [0.15, 0.2) is 36.4 Å². The topological polar surface area (TPSA) is 303 Å². The Hall–Kier alpha value is -5.59. The molecule has 24 nitrogen and oxygen atoms in total. The third-order valence-electron chi connectivity index (χ3n) is 16.9. The summed E-state index contributed by atoms with van der Waals surface area (Å²) in [6.45, 7) is 4.91. The molecule has 0 unspecified atom stereocenters. The minimum atomic E-state index is -2.43. The first kappa shape index (κ1) is 65.4. The van der Waals surface area contributed by atoms with E-state index in [1.54, 1.807) is 23.9 Å². The van der Waals surface area contributed by atoms with Crippen molar-refractivity contribution in [2.24, 2.45) is 0 Å². The van der Waals surface area contributed by atoms with E-state index in [-0.39, 0.29) is 79.2 Å². The molecule has 3 saturated heterocycles. The minimum absolute atomic E-state index is 0.0342. The van der Waals surface area contributed by atoms with E-state index in [0.29, 0.717) is 62.5 Å². The first-order chi connectivity index (χ1) is 42.7. The Kier molecular flexibility index (Phi) is 22.6.